The highest BCUT2D eigenvalue weighted by atomic mass is 19.1. The number of hydrogen-bond acceptors (Lipinski definition) is 2. The fourth-order valence-corrected chi connectivity index (χ4v) is 2.03. The Morgan fingerprint density at radius 2 is 2.17 bits per heavy atom. The Bertz CT molecular complexity index is 532. The summed E-state index contributed by atoms with van der Waals surface area (Å²) in [7, 11) is 0. The fourth-order valence-electron chi connectivity index (χ4n) is 2.03. The fraction of sp³-hybridized carbons (Fsp3) is 0.357. The summed E-state index contributed by atoms with van der Waals surface area (Å²) >= 11 is 0. The third-order valence-electron chi connectivity index (χ3n) is 2.95. The smallest absolute Gasteiger partial charge is 0.127 e. The van der Waals surface area contributed by atoms with Crippen LogP contribution in [0.1, 0.15) is 36.7 Å². The van der Waals surface area contributed by atoms with Gasteiger partial charge in [0.15, 0.2) is 0 Å². The van der Waals surface area contributed by atoms with Crippen molar-refractivity contribution >= 4 is 0 Å². The van der Waals surface area contributed by atoms with Gasteiger partial charge >= 0.3 is 0 Å². The molecule has 18 heavy (non-hydrogen) atoms. The van der Waals surface area contributed by atoms with Crippen molar-refractivity contribution in [3.63, 3.8) is 0 Å². The highest BCUT2D eigenvalue weighted by Gasteiger charge is 2.08. The zero-order valence-corrected chi connectivity index (χ0v) is 10.7. The van der Waals surface area contributed by atoms with Gasteiger partial charge in [0.1, 0.15) is 11.6 Å². The summed E-state index contributed by atoms with van der Waals surface area (Å²) in [5.74, 6) is 1.17. The standard InChI is InChI=1S/C14H18FN3/c1-10(2)14-17-5-6-18(14)9-11-3-4-13(15)12(7-11)8-16/h3-7,10H,8-9,16H2,1-2H3. The summed E-state index contributed by atoms with van der Waals surface area (Å²) in [5, 5.41) is 0. The van der Waals surface area contributed by atoms with Crippen LogP contribution in [0.4, 0.5) is 4.39 Å². The molecule has 3 nitrogen and oxygen atoms in total. The van der Waals surface area contributed by atoms with Gasteiger partial charge in [0.25, 0.3) is 0 Å². The van der Waals surface area contributed by atoms with E-state index >= 15 is 0 Å². The van der Waals surface area contributed by atoms with Crippen LogP contribution in [0.25, 0.3) is 0 Å². The number of nitrogens with two attached hydrogens (primary N) is 1. The Morgan fingerprint density at radius 1 is 1.39 bits per heavy atom. The van der Waals surface area contributed by atoms with Crippen LogP contribution in [0.15, 0.2) is 30.6 Å². The predicted molar refractivity (Wildman–Crippen MR) is 69.7 cm³/mol. The summed E-state index contributed by atoms with van der Waals surface area (Å²) in [6.07, 6.45) is 3.74. The van der Waals surface area contributed by atoms with E-state index in [-0.39, 0.29) is 12.4 Å². The summed E-state index contributed by atoms with van der Waals surface area (Å²) in [6.45, 7) is 5.13. The van der Waals surface area contributed by atoms with Gasteiger partial charge in [0.05, 0.1) is 0 Å². The Morgan fingerprint density at radius 3 is 2.83 bits per heavy atom. The quantitative estimate of drug-likeness (QED) is 0.902. The maximum Gasteiger partial charge on any atom is 0.127 e. The highest BCUT2D eigenvalue weighted by Crippen LogP contribution is 2.16. The predicted octanol–water partition coefficient (Wildman–Crippen LogP) is 2.65. The number of nitrogens with zero attached hydrogens (tertiary/aromatic N) is 2. The third-order valence-corrected chi connectivity index (χ3v) is 2.95. The molecule has 0 unspecified atom stereocenters. The number of imidazole rings is 1. The summed E-state index contributed by atoms with van der Waals surface area (Å²) in [5.41, 5.74) is 7.10. The molecular formula is C14H18FN3. The van der Waals surface area contributed by atoms with Crippen molar-refractivity contribution in [3.05, 3.63) is 53.4 Å². The van der Waals surface area contributed by atoms with E-state index in [1.54, 1.807) is 12.3 Å². The molecule has 0 fully saturated rings. The number of benzene rings is 1. The molecule has 0 spiro atoms. The number of halogens is 1. The van der Waals surface area contributed by atoms with Crippen molar-refractivity contribution in [2.75, 3.05) is 0 Å². The minimum absolute atomic E-state index is 0.223. The van der Waals surface area contributed by atoms with Gasteiger partial charge in [-0.2, -0.15) is 0 Å². The minimum Gasteiger partial charge on any atom is -0.330 e. The topological polar surface area (TPSA) is 43.8 Å². The van der Waals surface area contributed by atoms with Crippen LogP contribution in [-0.2, 0) is 13.1 Å². The average molecular weight is 247 g/mol. The van der Waals surface area contributed by atoms with Gasteiger partial charge in [-0.25, -0.2) is 9.37 Å². The van der Waals surface area contributed by atoms with Gasteiger partial charge in [-0.1, -0.05) is 19.9 Å². The van der Waals surface area contributed by atoms with E-state index in [1.807, 2.05) is 12.3 Å². The van der Waals surface area contributed by atoms with Crippen LogP contribution < -0.4 is 5.73 Å². The van der Waals surface area contributed by atoms with E-state index in [9.17, 15) is 4.39 Å². The SMILES string of the molecule is CC(C)c1nccn1Cc1ccc(F)c(CN)c1. The maximum absolute atomic E-state index is 13.4. The zero-order chi connectivity index (χ0) is 13.1. The van der Waals surface area contributed by atoms with Crippen LogP contribution >= 0.6 is 0 Å². The summed E-state index contributed by atoms with van der Waals surface area (Å²) < 4.78 is 15.4. The van der Waals surface area contributed by atoms with Gasteiger partial charge in [0.2, 0.25) is 0 Å². The second-order valence-electron chi connectivity index (χ2n) is 4.70. The molecule has 0 saturated heterocycles. The average Bonchev–Trinajstić information content (AvgIpc) is 2.80. The Hall–Kier alpha value is -1.68. The van der Waals surface area contributed by atoms with Crippen LogP contribution in [0.2, 0.25) is 0 Å². The summed E-state index contributed by atoms with van der Waals surface area (Å²) in [6, 6.07) is 5.08. The lowest BCUT2D eigenvalue weighted by atomic mass is 10.1. The van der Waals surface area contributed by atoms with Crippen molar-refractivity contribution in [1.29, 1.82) is 0 Å². The van der Waals surface area contributed by atoms with Gasteiger partial charge in [-0.15, -0.1) is 0 Å². The highest BCUT2D eigenvalue weighted by molar-refractivity contribution is 5.25. The van der Waals surface area contributed by atoms with Crippen molar-refractivity contribution in [2.45, 2.75) is 32.9 Å². The molecule has 0 radical (unpaired) electrons. The molecule has 2 rings (SSSR count). The van der Waals surface area contributed by atoms with Crippen molar-refractivity contribution < 1.29 is 4.39 Å². The number of rotatable bonds is 4. The lowest BCUT2D eigenvalue weighted by molar-refractivity contribution is 0.607. The first-order chi connectivity index (χ1) is 8.61. The van der Waals surface area contributed by atoms with E-state index in [4.69, 9.17) is 5.73 Å². The third kappa shape index (κ3) is 2.59. The molecule has 0 saturated carbocycles. The normalized spacial score (nSPS) is 11.2. The molecule has 0 amide bonds. The minimum atomic E-state index is -0.240. The Balaban J connectivity index is 2.26. The van der Waals surface area contributed by atoms with E-state index < -0.39 is 0 Å². The summed E-state index contributed by atoms with van der Waals surface area (Å²) in [4.78, 5) is 4.34. The number of aromatic nitrogens is 2. The molecule has 0 bridgehead atoms. The van der Waals surface area contributed by atoms with Gasteiger partial charge in [-0.3, -0.25) is 0 Å². The van der Waals surface area contributed by atoms with Gasteiger partial charge in [0, 0.05) is 37.0 Å². The molecule has 4 heteroatoms. The number of hydrogen-bond donors (Lipinski definition) is 1. The van der Waals surface area contributed by atoms with Crippen molar-refractivity contribution in [3.8, 4) is 0 Å². The first-order valence-corrected chi connectivity index (χ1v) is 6.10. The zero-order valence-electron chi connectivity index (χ0n) is 10.7. The first kappa shape index (κ1) is 12.8. The lowest BCUT2D eigenvalue weighted by Crippen LogP contribution is -2.07. The van der Waals surface area contributed by atoms with Crippen molar-refractivity contribution in [2.24, 2.45) is 5.73 Å². The molecule has 96 valence electrons. The van der Waals surface area contributed by atoms with Crippen LogP contribution in [0.5, 0.6) is 0 Å². The van der Waals surface area contributed by atoms with Gasteiger partial charge in [-0.05, 0) is 17.7 Å². The Labute approximate surface area is 106 Å². The molecule has 1 aromatic carbocycles. The monoisotopic (exact) mass is 247 g/mol. The Kier molecular flexibility index (Phi) is 3.77. The van der Waals surface area contributed by atoms with E-state index in [2.05, 4.69) is 23.4 Å². The van der Waals surface area contributed by atoms with Crippen LogP contribution in [-0.4, -0.2) is 9.55 Å². The maximum atomic E-state index is 13.4. The first-order valence-electron chi connectivity index (χ1n) is 6.10. The van der Waals surface area contributed by atoms with Crippen molar-refractivity contribution in [1.82, 2.24) is 9.55 Å². The van der Waals surface area contributed by atoms with E-state index in [0.29, 0.717) is 18.0 Å². The molecule has 0 aliphatic rings. The molecule has 1 heterocycles. The second-order valence-corrected chi connectivity index (χ2v) is 4.70. The van der Waals surface area contributed by atoms with Crippen LogP contribution in [0, 0.1) is 5.82 Å². The molecule has 2 N–H and O–H groups in total. The van der Waals surface area contributed by atoms with E-state index in [1.165, 1.54) is 6.07 Å². The molecular weight excluding hydrogens is 229 g/mol. The lowest BCUT2D eigenvalue weighted by Gasteiger charge is -2.11. The van der Waals surface area contributed by atoms with E-state index in [0.717, 1.165) is 11.4 Å². The van der Waals surface area contributed by atoms with Gasteiger partial charge < -0.3 is 10.3 Å². The largest absolute Gasteiger partial charge is 0.330 e. The molecule has 1 aromatic heterocycles. The molecule has 2 aromatic rings. The van der Waals surface area contributed by atoms with Crippen LogP contribution in [0.3, 0.4) is 0 Å². The molecule has 0 aliphatic carbocycles. The molecule has 0 aliphatic heterocycles. The molecule has 0 atom stereocenters. The second kappa shape index (κ2) is 5.31.